The summed E-state index contributed by atoms with van der Waals surface area (Å²) in [5.74, 6) is 1.23. The summed E-state index contributed by atoms with van der Waals surface area (Å²) in [5, 5.41) is 2.72. The van der Waals surface area contributed by atoms with Crippen LogP contribution < -0.4 is 10.1 Å². The van der Waals surface area contributed by atoms with Gasteiger partial charge in [-0.1, -0.05) is 24.3 Å². The van der Waals surface area contributed by atoms with Crippen molar-refractivity contribution in [3.63, 3.8) is 0 Å². The van der Waals surface area contributed by atoms with E-state index in [1.807, 2.05) is 48.5 Å². The number of sulfonamides is 1. The van der Waals surface area contributed by atoms with Crippen molar-refractivity contribution in [3.8, 4) is 5.75 Å². The molecule has 29 heavy (non-hydrogen) atoms. The van der Waals surface area contributed by atoms with Gasteiger partial charge in [0.25, 0.3) is 0 Å². The monoisotopic (exact) mass is 434 g/mol. The Morgan fingerprint density at radius 1 is 1.17 bits per heavy atom. The van der Waals surface area contributed by atoms with Crippen LogP contribution >= 0.6 is 11.8 Å². The molecule has 0 radical (unpaired) electrons. The third-order valence-electron chi connectivity index (χ3n) is 4.81. The second-order valence-corrected chi connectivity index (χ2v) is 10.1. The first-order valence-electron chi connectivity index (χ1n) is 9.56. The number of methoxy groups -OCH3 is 1. The van der Waals surface area contributed by atoms with E-state index in [1.54, 1.807) is 18.9 Å². The fourth-order valence-corrected chi connectivity index (χ4v) is 5.38. The predicted molar refractivity (Wildman–Crippen MR) is 116 cm³/mol. The topological polar surface area (TPSA) is 75.7 Å². The summed E-state index contributed by atoms with van der Waals surface area (Å²) in [5.41, 5.74) is 2.13. The van der Waals surface area contributed by atoms with Crippen molar-refractivity contribution in [2.75, 3.05) is 31.7 Å². The van der Waals surface area contributed by atoms with Gasteiger partial charge in [0.1, 0.15) is 5.75 Å². The van der Waals surface area contributed by atoms with E-state index in [0.29, 0.717) is 31.7 Å². The Morgan fingerprint density at radius 3 is 2.72 bits per heavy atom. The minimum absolute atomic E-state index is 0.0872. The van der Waals surface area contributed by atoms with E-state index in [9.17, 15) is 13.2 Å². The molecule has 1 aliphatic rings. The molecule has 0 fully saturated rings. The second-order valence-electron chi connectivity index (χ2n) is 6.80. The number of hydrogen-bond donors (Lipinski definition) is 1. The number of thioether (sulfide) groups is 1. The number of fused-ring (bicyclic) bond motifs is 1. The van der Waals surface area contributed by atoms with Gasteiger partial charge in [0, 0.05) is 36.7 Å². The highest BCUT2D eigenvalue weighted by Crippen LogP contribution is 2.25. The fraction of sp³-hybridized carbons (Fsp3) is 0.381. The summed E-state index contributed by atoms with van der Waals surface area (Å²) in [6.07, 6.45) is 1.02. The van der Waals surface area contributed by atoms with E-state index in [1.165, 1.54) is 4.31 Å². The number of ether oxygens (including phenoxy) is 1. The van der Waals surface area contributed by atoms with Crippen LogP contribution in [0.2, 0.25) is 0 Å². The summed E-state index contributed by atoms with van der Waals surface area (Å²) in [6, 6.07) is 15.6. The van der Waals surface area contributed by atoms with Crippen LogP contribution in [0, 0.1) is 0 Å². The fourth-order valence-electron chi connectivity index (χ4n) is 3.18. The normalized spacial score (nSPS) is 14.2. The number of carbonyl (C=O) groups excluding carboxylic acids is 1. The molecule has 1 amide bonds. The van der Waals surface area contributed by atoms with Crippen molar-refractivity contribution in [3.05, 3.63) is 59.7 Å². The number of amides is 1. The maximum absolute atomic E-state index is 12.6. The first-order chi connectivity index (χ1) is 14.0. The van der Waals surface area contributed by atoms with Crippen LogP contribution in [0.15, 0.2) is 53.4 Å². The first kappa shape index (κ1) is 21.7. The molecule has 1 aliphatic heterocycles. The Balaban J connectivity index is 1.42. The van der Waals surface area contributed by atoms with Crippen molar-refractivity contribution in [1.29, 1.82) is 0 Å². The van der Waals surface area contributed by atoms with Gasteiger partial charge in [0.05, 0.1) is 12.9 Å². The molecule has 3 rings (SSSR count). The number of rotatable bonds is 9. The van der Waals surface area contributed by atoms with Gasteiger partial charge in [-0.2, -0.15) is 4.31 Å². The van der Waals surface area contributed by atoms with E-state index in [4.69, 9.17) is 4.74 Å². The Kier molecular flexibility index (Phi) is 7.57. The smallest absolute Gasteiger partial charge is 0.220 e. The van der Waals surface area contributed by atoms with Gasteiger partial charge in [-0.25, -0.2) is 8.42 Å². The van der Waals surface area contributed by atoms with Gasteiger partial charge in [-0.3, -0.25) is 4.79 Å². The molecule has 0 aliphatic carbocycles. The molecule has 0 saturated heterocycles. The van der Waals surface area contributed by atoms with E-state index in [-0.39, 0.29) is 18.2 Å². The number of hydrogen-bond acceptors (Lipinski definition) is 5. The molecular formula is C21H26N2O4S2. The molecule has 1 N–H and O–H groups in total. The summed E-state index contributed by atoms with van der Waals surface area (Å²) in [7, 11) is -1.80. The lowest BCUT2D eigenvalue weighted by atomic mass is 10.0. The molecule has 0 unspecified atom stereocenters. The average molecular weight is 435 g/mol. The van der Waals surface area contributed by atoms with Gasteiger partial charge in [0.2, 0.25) is 15.9 Å². The molecule has 0 saturated carbocycles. The molecule has 2 aromatic rings. The van der Waals surface area contributed by atoms with Crippen molar-refractivity contribution in [1.82, 2.24) is 9.62 Å². The lowest BCUT2D eigenvalue weighted by Gasteiger charge is -2.28. The zero-order valence-corrected chi connectivity index (χ0v) is 18.1. The SMILES string of the molecule is COc1ccc2c(c1)CCN(S(=O)(=O)CCNC(=O)CCSc1ccccc1)C2. The molecule has 6 nitrogen and oxygen atoms in total. The van der Waals surface area contributed by atoms with Crippen LogP contribution in [0.3, 0.4) is 0 Å². The van der Waals surface area contributed by atoms with Crippen LogP contribution in [-0.2, 0) is 27.8 Å². The van der Waals surface area contributed by atoms with Crippen LogP contribution in [-0.4, -0.2) is 50.3 Å². The number of benzene rings is 2. The average Bonchev–Trinajstić information content (AvgIpc) is 2.73. The third-order valence-corrected chi connectivity index (χ3v) is 7.64. The van der Waals surface area contributed by atoms with Crippen molar-refractivity contribution in [2.45, 2.75) is 24.3 Å². The molecule has 0 bridgehead atoms. The third kappa shape index (κ3) is 6.22. The van der Waals surface area contributed by atoms with Crippen molar-refractivity contribution < 1.29 is 17.9 Å². The lowest BCUT2D eigenvalue weighted by molar-refractivity contribution is -0.120. The van der Waals surface area contributed by atoms with Crippen LogP contribution in [0.25, 0.3) is 0 Å². The van der Waals surface area contributed by atoms with Gasteiger partial charge < -0.3 is 10.1 Å². The summed E-state index contributed by atoms with van der Waals surface area (Å²) in [4.78, 5) is 13.1. The standard InChI is InChI=1S/C21H26N2O4S2/c1-27-19-8-7-18-16-23(12-9-17(18)15-19)29(25,26)14-11-22-21(24)10-13-28-20-5-3-2-4-6-20/h2-8,15H,9-14,16H2,1H3,(H,22,24). The molecule has 0 atom stereocenters. The molecular weight excluding hydrogens is 408 g/mol. The molecule has 0 aromatic heterocycles. The zero-order chi connectivity index (χ0) is 20.7. The van der Waals surface area contributed by atoms with Gasteiger partial charge in [0.15, 0.2) is 0 Å². The van der Waals surface area contributed by atoms with E-state index in [0.717, 1.165) is 21.8 Å². The molecule has 8 heteroatoms. The van der Waals surface area contributed by atoms with Gasteiger partial charge >= 0.3 is 0 Å². The highest BCUT2D eigenvalue weighted by Gasteiger charge is 2.26. The Bertz CT molecular complexity index is 933. The minimum Gasteiger partial charge on any atom is -0.497 e. The van der Waals surface area contributed by atoms with E-state index < -0.39 is 10.0 Å². The Labute approximate surface area is 176 Å². The second kappa shape index (κ2) is 10.1. The van der Waals surface area contributed by atoms with Crippen molar-refractivity contribution >= 4 is 27.7 Å². The number of carbonyl (C=O) groups is 1. The lowest BCUT2D eigenvalue weighted by Crippen LogP contribution is -2.40. The van der Waals surface area contributed by atoms with Gasteiger partial charge in [-0.05, 0) is 41.8 Å². The Hall–Kier alpha value is -2.03. The summed E-state index contributed by atoms with van der Waals surface area (Å²) < 4.78 is 32.0. The van der Waals surface area contributed by atoms with Crippen LogP contribution in [0.5, 0.6) is 5.75 Å². The van der Waals surface area contributed by atoms with E-state index in [2.05, 4.69) is 5.32 Å². The van der Waals surface area contributed by atoms with Crippen molar-refractivity contribution in [2.24, 2.45) is 0 Å². The molecule has 0 spiro atoms. The zero-order valence-electron chi connectivity index (χ0n) is 16.5. The van der Waals surface area contributed by atoms with Crippen LogP contribution in [0.1, 0.15) is 17.5 Å². The number of nitrogens with zero attached hydrogens (tertiary/aromatic N) is 1. The summed E-state index contributed by atoms with van der Waals surface area (Å²) in [6.45, 7) is 0.941. The predicted octanol–water partition coefficient (Wildman–Crippen LogP) is 2.68. The molecule has 156 valence electrons. The largest absolute Gasteiger partial charge is 0.497 e. The highest BCUT2D eigenvalue weighted by molar-refractivity contribution is 7.99. The van der Waals surface area contributed by atoms with Gasteiger partial charge in [-0.15, -0.1) is 11.8 Å². The maximum atomic E-state index is 12.6. The number of nitrogens with one attached hydrogen (secondary N) is 1. The van der Waals surface area contributed by atoms with E-state index >= 15 is 0 Å². The van der Waals surface area contributed by atoms with Crippen LogP contribution in [0.4, 0.5) is 0 Å². The quantitative estimate of drug-likeness (QED) is 0.614. The minimum atomic E-state index is -3.42. The maximum Gasteiger partial charge on any atom is 0.220 e. The first-order valence-corrected chi connectivity index (χ1v) is 12.2. The molecule has 2 aromatic carbocycles. The Morgan fingerprint density at radius 2 is 1.97 bits per heavy atom. The molecule has 1 heterocycles. The highest BCUT2D eigenvalue weighted by atomic mass is 32.2. The summed E-state index contributed by atoms with van der Waals surface area (Å²) >= 11 is 1.61.